The minimum absolute atomic E-state index is 0. The Labute approximate surface area is 130 Å². The summed E-state index contributed by atoms with van der Waals surface area (Å²) in [4.78, 5) is 0. The van der Waals surface area contributed by atoms with Gasteiger partial charge in [0.05, 0.1) is 0 Å². The van der Waals surface area contributed by atoms with Crippen molar-refractivity contribution in [1.82, 2.24) is 9.78 Å². The largest absolute Gasteiger partial charge is 1.00 e. The summed E-state index contributed by atoms with van der Waals surface area (Å²) in [6.45, 7) is 0. The van der Waals surface area contributed by atoms with E-state index in [2.05, 4.69) is 11.2 Å². The maximum absolute atomic E-state index is 4.08. The van der Waals surface area contributed by atoms with Crippen molar-refractivity contribution in [2.75, 3.05) is 0 Å². The van der Waals surface area contributed by atoms with Crippen LogP contribution in [0, 0.1) is 6.07 Å². The third kappa shape index (κ3) is 2.48. The van der Waals surface area contributed by atoms with Crippen LogP contribution in [0.5, 0.6) is 0 Å². The van der Waals surface area contributed by atoms with Gasteiger partial charge in [0.2, 0.25) is 0 Å². The average Bonchev–Trinajstić information content (AvgIpc) is 2.58. The van der Waals surface area contributed by atoms with E-state index in [0.29, 0.717) is 0 Å². The fourth-order valence-corrected chi connectivity index (χ4v) is 0.948. The molecule has 12 heavy (non-hydrogen) atoms. The topological polar surface area (TPSA) is 17.8 Å². The van der Waals surface area contributed by atoms with Crippen molar-refractivity contribution in [2.45, 2.75) is 0 Å². The second-order valence-electron chi connectivity index (χ2n) is 2.21. The number of nitrogens with zero attached hydrogens (tertiary/aromatic N) is 2. The molecule has 0 aliphatic heterocycles. The van der Waals surface area contributed by atoms with Gasteiger partial charge in [-0.15, -0.1) is 6.07 Å². The molecule has 3 heteroatoms. The Kier molecular flexibility index (Phi) is 4.63. The van der Waals surface area contributed by atoms with Crippen molar-refractivity contribution in [1.29, 1.82) is 0 Å². The molecule has 1 heterocycles. The van der Waals surface area contributed by atoms with E-state index in [4.69, 9.17) is 0 Å². The van der Waals surface area contributed by atoms with Crippen LogP contribution in [0.3, 0.4) is 0 Å². The molecular formula is C9H7CsN2. The first kappa shape index (κ1) is 10.6. The Balaban J connectivity index is 0.000000720. The third-order valence-corrected chi connectivity index (χ3v) is 1.46. The molecule has 0 aliphatic carbocycles. The van der Waals surface area contributed by atoms with E-state index < -0.39 is 0 Å². The van der Waals surface area contributed by atoms with Crippen molar-refractivity contribution < 1.29 is 68.9 Å². The number of benzene rings is 1. The van der Waals surface area contributed by atoms with Crippen LogP contribution in [0.15, 0.2) is 42.7 Å². The summed E-state index contributed by atoms with van der Waals surface area (Å²) in [5.41, 5.74) is 1.04. The van der Waals surface area contributed by atoms with Gasteiger partial charge < -0.3 is 0 Å². The van der Waals surface area contributed by atoms with E-state index in [1.54, 1.807) is 10.9 Å². The van der Waals surface area contributed by atoms with Gasteiger partial charge in [-0.1, -0.05) is 0 Å². The maximum Gasteiger partial charge on any atom is 1.00 e. The quantitative estimate of drug-likeness (QED) is 0.591. The molecule has 54 valence electrons. The van der Waals surface area contributed by atoms with Gasteiger partial charge in [-0.2, -0.15) is 29.4 Å². The standard InChI is InChI=1S/C9H7N2.Cs/c1-2-5-9(6-3-1)11-8-4-7-10-11;/h1-2,4-8H;/q-1;+1. The van der Waals surface area contributed by atoms with Crippen LogP contribution in [-0.2, 0) is 0 Å². The van der Waals surface area contributed by atoms with Crippen molar-refractivity contribution in [3.63, 3.8) is 0 Å². The van der Waals surface area contributed by atoms with Gasteiger partial charge in [0.15, 0.2) is 0 Å². The molecule has 0 spiro atoms. The Morgan fingerprint density at radius 1 is 1.33 bits per heavy atom. The van der Waals surface area contributed by atoms with Gasteiger partial charge in [0.25, 0.3) is 0 Å². The zero-order valence-electron chi connectivity index (χ0n) is 6.94. The Bertz CT molecular complexity index is 316. The Morgan fingerprint density at radius 3 is 2.83 bits per heavy atom. The van der Waals surface area contributed by atoms with Gasteiger partial charge in [-0.3, -0.25) is 4.68 Å². The molecule has 0 aliphatic rings. The molecular weight excluding hydrogens is 269 g/mol. The monoisotopic (exact) mass is 276 g/mol. The van der Waals surface area contributed by atoms with Crippen LogP contribution >= 0.6 is 0 Å². The zero-order valence-corrected chi connectivity index (χ0v) is 13.2. The summed E-state index contributed by atoms with van der Waals surface area (Å²) in [5, 5.41) is 4.08. The van der Waals surface area contributed by atoms with E-state index in [1.807, 2.05) is 36.5 Å². The molecule has 0 atom stereocenters. The molecule has 2 aromatic rings. The van der Waals surface area contributed by atoms with E-state index >= 15 is 0 Å². The normalized spacial score (nSPS) is 9.00. The molecule has 1 aromatic carbocycles. The summed E-state index contributed by atoms with van der Waals surface area (Å²) in [6.07, 6.45) is 3.66. The van der Waals surface area contributed by atoms with Gasteiger partial charge in [-0.25, -0.2) is 0 Å². The predicted octanol–water partition coefficient (Wildman–Crippen LogP) is -1.32. The van der Waals surface area contributed by atoms with Crippen molar-refractivity contribution in [2.24, 2.45) is 0 Å². The summed E-state index contributed by atoms with van der Waals surface area (Å²) >= 11 is 0. The minimum atomic E-state index is 0. The molecule has 0 unspecified atom stereocenters. The SMILES string of the molecule is [Cs+].[c-]1cccc(-n2cccn2)c1. The molecule has 0 amide bonds. The zero-order chi connectivity index (χ0) is 7.52. The van der Waals surface area contributed by atoms with Crippen LogP contribution in [0.4, 0.5) is 0 Å². The molecule has 0 bridgehead atoms. The van der Waals surface area contributed by atoms with E-state index in [-0.39, 0.29) is 68.9 Å². The van der Waals surface area contributed by atoms with Gasteiger partial charge >= 0.3 is 68.9 Å². The van der Waals surface area contributed by atoms with E-state index in [9.17, 15) is 0 Å². The molecule has 0 radical (unpaired) electrons. The second-order valence-corrected chi connectivity index (χ2v) is 2.21. The Hall–Kier alpha value is 0.482. The summed E-state index contributed by atoms with van der Waals surface area (Å²) in [5.74, 6) is 0. The molecule has 2 nitrogen and oxygen atoms in total. The van der Waals surface area contributed by atoms with E-state index in [0.717, 1.165) is 5.69 Å². The molecule has 0 saturated carbocycles. The fourth-order valence-electron chi connectivity index (χ4n) is 0.948. The number of hydrogen-bond donors (Lipinski definition) is 0. The minimum Gasteiger partial charge on any atom is -0.295 e. The number of rotatable bonds is 1. The van der Waals surface area contributed by atoms with Gasteiger partial charge in [0.1, 0.15) is 0 Å². The first-order valence-corrected chi connectivity index (χ1v) is 3.43. The predicted molar refractivity (Wildman–Crippen MR) is 42.4 cm³/mol. The molecule has 0 saturated heterocycles. The first-order chi connectivity index (χ1) is 5.47. The van der Waals surface area contributed by atoms with Crippen LogP contribution in [0.25, 0.3) is 5.69 Å². The fraction of sp³-hybridized carbons (Fsp3) is 0. The number of hydrogen-bond acceptors (Lipinski definition) is 1. The van der Waals surface area contributed by atoms with Crippen molar-refractivity contribution in [3.8, 4) is 5.69 Å². The van der Waals surface area contributed by atoms with Gasteiger partial charge in [-0.05, 0) is 11.8 Å². The van der Waals surface area contributed by atoms with E-state index in [1.165, 1.54) is 0 Å². The van der Waals surface area contributed by atoms with Crippen molar-refractivity contribution in [3.05, 3.63) is 48.8 Å². The molecule has 2 rings (SSSR count). The van der Waals surface area contributed by atoms with Crippen molar-refractivity contribution >= 4 is 0 Å². The molecule has 0 N–H and O–H groups in total. The van der Waals surface area contributed by atoms with Crippen LogP contribution in [-0.4, -0.2) is 9.78 Å². The second kappa shape index (κ2) is 5.26. The molecule has 0 fully saturated rings. The average molecular weight is 276 g/mol. The summed E-state index contributed by atoms with van der Waals surface area (Å²) in [7, 11) is 0. The van der Waals surface area contributed by atoms with Crippen LogP contribution < -0.4 is 68.9 Å². The Morgan fingerprint density at radius 2 is 2.25 bits per heavy atom. The third-order valence-electron chi connectivity index (χ3n) is 1.46. The summed E-state index contributed by atoms with van der Waals surface area (Å²) in [6, 6.07) is 12.6. The number of aromatic nitrogens is 2. The first-order valence-electron chi connectivity index (χ1n) is 3.43. The summed E-state index contributed by atoms with van der Waals surface area (Å²) < 4.78 is 1.80. The maximum atomic E-state index is 4.08. The van der Waals surface area contributed by atoms with Crippen LogP contribution in [0.1, 0.15) is 0 Å². The van der Waals surface area contributed by atoms with Gasteiger partial charge in [0, 0.05) is 12.4 Å². The van der Waals surface area contributed by atoms with Crippen LogP contribution in [0.2, 0.25) is 0 Å². The smallest absolute Gasteiger partial charge is 0.295 e. The molecule has 1 aromatic heterocycles.